The molecule has 2 aromatic rings. The maximum atomic E-state index is 12.0. The van der Waals surface area contributed by atoms with Gasteiger partial charge in [0, 0.05) is 19.3 Å². The molecule has 0 bridgehead atoms. The maximum absolute atomic E-state index is 12.0. The number of carbonyl (C=O) groups is 1. The van der Waals surface area contributed by atoms with Crippen LogP contribution < -0.4 is 10.2 Å². The van der Waals surface area contributed by atoms with Gasteiger partial charge >= 0.3 is 0 Å². The fourth-order valence-electron chi connectivity index (χ4n) is 3.09. The lowest BCUT2D eigenvalue weighted by atomic mass is 10.0. The van der Waals surface area contributed by atoms with Crippen molar-refractivity contribution in [2.45, 2.75) is 32.2 Å². The van der Waals surface area contributed by atoms with Gasteiger partial charge in [0.1, 0.15) is 5.82 Å². The molecule has 1 aliphatic rings. The van der Waals surface area contributed by atoms with Crippen molar-refractivity contribution in [1.29, 1.82) is 0 Å². The first-order valence-electron chi connectivity index (χ1n) is 8.35. The van der Waals surface area contributed by atoms with Crippen molar-refractivity contribution >= 4 is 11.7 Å². The highest BCUT2D eigenvalue weighted by atomic mass is 16.1. The van der Waals surface area contributed by atoms with E-state index in [9.17, 15) is 4.79 Å². The highest BCUT2D eigenvalue weighted by molar-refractivity contribution is 5.94. The number of benzene rings is 1. The summed E-state index contributed by atoms with van der Waals surface area (Å²) in [4.78, 5) is 18.8. The SMILES string of the molecule is CCCNC(=O)c1ccc(N2CCCC2c2ccccc2)nc1. The van der Waals surface area contributed by atoms with Gasteiger partial charge < -0.3 is 10.2 Å². The quantitative estimate of drug-likeness (QED) is 0.918. The monoisotopic (exact) mass is 309 g/mol. The summed E-state index contributed by atoms with van der Waals surface area (Å²) in [5.41, 5.74) is 1.95. The van der Waals surface area contributed by atoms with Crippen LogP contribution in [0.4, 0.5) is 5.82 Å². The summed E-state index contributed by atoms with van der Waals surface area (Å²) in [6.45, 7) is 3.75. The van der Waals surface area contributed by atoms with E-state index in [0.29, 0.717) is 18.2 Å². The van der Waals surface area contributed by atoms with E-state index in [1.807, 2.05) is 25.1 Å². The molecule has 1 atom stereocenters. The molecule has 23 heavy (non-hydrogen) atoms. The molecule has 3 rings (SSSR count). The van der Waals surface area contributed by atoms with E-state index in [1.54, 1.807) is 6.20 Å². The Bertz CT molecular complexity index is 639. The van der Waals surface area contributed by atoms with Crippen LogP contribution in [-0.4, -0.2) is 24.0 Å². The summed E-state index contributed by atoms with van der Waals surface area (Å²) >= 11 is 0. The lowest BCUT2D eigenvalue weighted by molar-refractivity contribution is 0.0953. The van der Waals surface area contributed by atoms with Gasteiger partial charge in [0.25, 0.3) is 5.91 Å². The predicted molar refractivity (Wildman–Crippen MR) is 92.6 cm³/mol. The first-order chi connectivity index (χ1) is 11.3. The van der Waals surface area contributed by atoms with Crippen LogP contribution in [0.2, 0.25) is 0 Å². The zero-order valence-corrected chi connectivity index (χ0v) is 13.5. The molecule has 0 spiro atoms. The molecule has 1 amide bonds. The van der Waals surface area contributed by atoms with Gasteiger partial charge in [0.2, 0.25) is 0 Å². The van der Waals surface area contributed by atoms with Crippen LogP contribution in [0.15, 0.2) is 48.7 Å². The molecule has 4 nitrogen and oxygen atoms in total. The number of nitrogens with zero attached hydrogens (tertiary/aromatic N) is 2. The molecule has 1 aromatic carbocycles. The Labute approximate surface area is 137 Å². The van der Waals surface area contributed by atoms with Crippen molar-refractivity contribution < 1.29 is 4.79 Å². The minimum absolute atomic E-state index is 0.0491. The van der Waals surface area contributed by atoms with Crippen LogP contribution in [-0.2, 0) is 0 Å². The Morgan fingerprint density at radius 1 is 1.26 bits per heavy atom. The summed E-state index contributed by atoms with van der Waals surface area (Å²) < 4.78 is 0. The molecule has 1 aliphatic heterocycles. The fourth-order valence-corrected chi connectivity index (χ4v) is 3.09. The lowest BCUT2D eigenvalue weighted by Crippen LogP contribution is -2.25. The summed E-state index contributed by atoms with van der Waals surface area (Å²) in [5.74, 6) is 0.898. The van der Waals surface area contributed by atoms with Crippen LogP contribution in [0, 0.1) is 0 Å². The van der Waals surface area contributed by atoms with Crippen LogP contribution in [0.3, 0.4) is 0 Å². The Balaban J connectivity index is 1.75. The number of amides is 1. The summed E-state index contributed by atoms with van der Waals surface area (Å²) in [5, 5.41) is 2.88. The molecule has 1 unspecified atom stereocenters. The molecule has 0 aliphatic carbocycles. The minimum atomic E-state index is -0.0491. The van der Waals surface area contributed by atoms with Gasteiger partial charge in [-0.2, -0.15) is 0 Å². The Morgan fingerprint density at radius 3 is 2.78 bits per heavy atom. The predicted octanol–water partition coefficient (Wildman–Crippen LogP) is 3.56. The first kappa shape index (κ1) is 15.5. The number of aromatic nitrogens is 1. The van der Waals surface area contributed by atoms with Gasteiger partial charge in [-0.15, -0.1) is 0 Å². The van der Waals surface area contributed by atoms with Crippen LogP contribution in [0.25, 0.3) is 0 Å². The topological polar surface area (TPSA) is 45.2 Å². The number of anilines is 1. The number of carbonyl (C=O) groups excluding carboxylic acids is 1. The van der Waals surface area contributed by atoms with Crippen molar-refractivity contribution in [3.63, 3.8) is 0 Å². The molecule has 1 saturated heterocycles. The van der Waals surface area contributed by atoms with Crippen LogP contribution in [0.5, 0.6) is 0 Å². The van der Waals surface area contributed by atoms with Crippen molar-refractivity contribution in [2.75, 3.05) is 18.0 Å². The number of pyridine rings is 1. The van der Waals surface area contributed by atoms with E-state index in [4.69, 9.17) is 0 Å². The second-order valence-electron chi connectivity index (χ2n) is 5.92. The van der Waals surface area contributed by atoms with Gasteiger partial charge in [-0.25, -0.2) is 4.98 Å². The van der Waals surface area contributed by atoms with Crippen LogP contribution in [0.1, 0.15) is 48.1 Å². The summed E-state index contributed by atoms with van der Waals surface area (Å²) in [6, 6.07) is 14.8. The molecule has 120 valence electrons. The molecule has 0 radical (unpaired) electrons. The third-order valence-corrected chi connectivity index (χ3v) is 4.28. The molecule has 1 fully saturated rings. The largest absolute Gasteiger partial charge is 0.352 e. The van der Waals surface area contributed by atoms with Gasteiger partial charge in [0.15, 0.2) is 0 Å². The summed E-state index contributed by atoms with van der Waals surface area (Å²) in [7, 11) is 0. The van der Waals surface area contributed by atoms with Crippen LogP contribution >= 0.6 is 0 Å². The average Bonchev–Trinajstić information content (AvgIpc) is 3.10. The van der Waals surface area contributed by atoms with Crippen molar-refractivity contribution in [3.8, 4) is 0 Å². The molecule has 4 heteroatoms. The Kier molecular flexibility index (Phi) is 4.91. The third kappa shape index (κ3) is 3.52. The van der Waals surface area contributed by atoms with Crippen molar-refractivity contribution in [2.24, 2.45) is 0 Å². The standard InChI is InChI=1S/C19H23N3O/c1-2-12-20-19(23)16-10-11-18(21-14-16)22-13-6-9-17(22)15-7-4-3-5-8-15/h3-5,7-8,10-11,14,17H,2,6,9,12-13H2,1H3,(H,20,23). The highest BCUT2D eigenvalue weighted by Gasteiger charge is 2.26. The smallest absolute Gasteiger partial charge is 0.252 e. The molecule has 1 aromatic heterocycles. The molecule has 2 heterocycles. The third-order valence-electron chi connectivity index (χ3n) is 4.28. The number of nitrogens with one attached hydrogen (secondary N) is 1. The molecular formula is C19H23N3O. The van der Waals surface area contributed by atoms with E-state index < -0.39 is 0 Å². The molecular weight excluding hydrogens is 286 g/mol. The van der Waals surface area contributed by atoms with Gasteiger partial charge in [0.05, 0.1) is 11.6 Å². The second-order valence-corrected chi connectivity index (χ2v) is 5.92. The van der Waals surface area contributed by atoms with E-state index in [-0.39, 0.29) is 5.91 Å². The number of rotatable bonds is 5. The Hall–Kier alpha value is -2.36. The summed E-state index contributed by atoms with van der Waals surface area (Å²) in [6.07, 6.45) is 4.93. The number of hydrogen-bond acceptors (Lipinski definition) is 3. The van der Waals surface area contributed by atoms with Gasteiger partial charge in [-0.3, -0.25) is 4.79 Å². The van der Waals surface area contributed by atoms with Crippen molar-refractivity contribution in [1.82, 2.24) is 10.3 Å². The normalized spacial score (nSPS) is 17.3. The van der Waals surface area contributed by atoms with E-state index in [1.165, 1.54) is 12.0 Å². The lowest BCUT2D eigenvalue weighted by Gasteiger charge is -2.26. The average molecular weight is 309 g/mol. The van der Waals surface area contributed by atoms with E-state index in [0.717, 1.165) is 25.2 Å². The second kappa shape index (κ2) is 7.27. The van der Waals surface area contributed by atoms with Gasteiger partial charge in [-0.05, 0) is 37.0 Å². The maximum Gasteiger partial charge on any atom is 0.252 e. The molecule has 0 saturated carbocycles. The zero-order valence-electron chi connectivity index (χ0n) is 13.5. The zero-order chi connectivity index (χ0) is 16.1. The van der Waals surface area contributed by atoms with Crippen molar-refractivity contribution in [3.05, 3.63) is 59.8 Å². The highest BCUT2D eigenvalue weighted by Crippen LogP contribution is 2.34. The molecule has 1 N–H and O–H groups in total. The Morgan fingerprint density at radius 2 is 2.09 bits per heavy atom. The van der Waals surface area contributed by atoms with Gasteiger partial charge in [-0.1, -0.05) is 37.3 Å². The number of hydrogen-bond donors (Lipinski definition) is 1. The fraction of sp³-hybridized carbons (Fsp3) is 0.368. The first-order valence-corrected chi connectivity index (χ1v) is 8.35. The van der Waals surface area contributed by atoms with E-state index >= 15 is 0 Å². The minimum Gasteiger partial charge on any atom is -0.352 e. The van der Waals surface area contributed by atoms with E-state index in [2.05, 4.69) is 39.5 Å².